The van der Waals surface area contributed by atoms with Gasteiger partial charge in [0, 0.05) is 25.9 Å². The maximum Gasteiger partial charge on any atom is 0.358 e. The van der Waals surface area contributed by atoms with Crippen LogP contribution < -0.4 is 5.32 Å². The molecule has 4 heteroatoms. The van der Waals surface area contributed by atoms with Crippen molar-refractivity contribution < 1.29 is 9.53 Å². The Labute approximate surface area is 94.5 Å². The Bertz CT molecular complexity index is 412. The summed E-state index contributed by atoms with van der Waals surface area (Å²) >= 11 is 0. The van der Waals surface area contributed by atoms with Crippen molar-refractivity contribution in [2.24, 2.45) is 0 Å². The summed E-state index contributed by atoms with van der Waals surface area (Å²) in [7, 11) is 3.72. The highest BCUT2D eigenvalue weighted by atomic mass is 16.6. The molecule has 0 saturated carbocycles. The lowest BCUT2D eigenvalue weighted by Crippen LogP contribution is -2.15. The quantitative estimate of drug-likeness (QED) is 0.599. The third-order valence-corrected chi connectivity index (χ3v) is 2.22. The summed E-state index contributed by atoms with van der Waals surface area (Å²) in [6.45, 7) is 0. The van der Waals surface area contributed by atoms with E-state index in [-0.39, 0.29) is 12.2 Å². The fourth-order valence-electron chi connectivity index (χ4n) is 1.53. The van der Waals surface area contributed by atoms with Gasteiger partial charge in [-0.3, -0.25) is 0 Å². The van der Waals surface area contributed by atoms with E-state index >= 15 is 0 Å². The molecule has 1 atom stereocenters. The Kier molecular flexibility index (Phi) is 2.81. The number of nitrogens with zero attached hydrogens (tertiary/aromatic N) is 1. The summed E-state index contributed by atoms with van der Waals surface area (Å²) < 4.78 is 5.22. The van der Waals surface area contributed by atoms with Gasteiger partial charge in [-0.2, -0.15) is 0 Å². The molecule has 1 saturated heterocycles. The van der Waals surface area contributed by atoms with Crippen LogP contribution in [0, 0.1) is 0 Å². The highest BCUT2D eigenvalue weighted by Crippen LogP contribution is 2.22. The lowest BCUT2D eigenvalue weighted by atomic mass is 10.2. The summed E-state index contributed by atoms with van der Waals surface area (Å²) in [5, 5.41) is 3.04. The van der Waals surface area contributed by atoms with Crippen LogP contribution in [0.15, 0.2) is 42.2 Å². The Morgan fingerprint density at radius 2 is 2.00 bits per heavy atom. The second-order valence-corrected chi connectivity index (χ2v) is 3.85. The lowest BCUT2D eigenvalue weighted by molar-refractivity contribution is -0.139. The zero-order chi connectivity index (χ0) is 11.5. The third-order valence-electron chi connectivity index (χ3n) is 2.22. The van der Waals surface area contributed by atoms with Gasteiger partial charge in [0.25, 0.3) is 0 Å². The monoisotopic (exact) mass is 218 g/mol. The summed E-state index contributed by atoms with van der Waals surface area (Å²) in [6, 6.07) is 9.60. The molecule has 1 aliphatic rings. The lowest BCUT2D eigenvalue weighted by Gasteiger charge is -2.09. The number of cyclic esters (lactones) is 1. The average Bonchev–Trinajstić information content (AvgIpc) is 2.61. The van der Waals surface area contributed by atoms with Crippen molar-refractivity contribution in [2.75, 3.05) is 14.1 Å². The normalized spacial score (nSPS) is 21.8. The first-order valence-electron chi connectivity index (χ1n) is 5.07. The maximum atomic E-state index is 11.5. The largest absolute Gasteiger partial charge is 0.433 e. The van der Waals surface area contributed by atoms with Crippen molar-refractivity contribution >= 4 is 5.97 Å². The van der Waals surface area contributed by atoms with E-state index < -0.39 is 0 Å². The van der Waals surface area contributed by atoms with Crippen LogP contribution in [-0.2, 0) is 9.53 Å². The molecular formula is C12H14N2O2. The number of carbonyl (C=O) groups excluding carboxylic acids is 1. The van der Waals surface area contributed by atoms with E-state index in [2.05, 4.69) is 5.32 Å². The van der Waals surface area contributed by atoms with E-state index in [1.54, 1.807) is 11.1 Å². The van der Waals surface area contributed by atoms with Crippen LogP contribution >= 0.6 is 0 Å². The van der Waals surface area contributed by atoms with Gasteiger partial charge in [0.15, 0.2) is 6.23 Å². The predicted molar refractivity (Wildman–Crippen MR) is 60.2 cm³/mol. The summed E-state index contributed by atoms with van der Waals surface area (Å²) in [5.41, 5.74) is 1.43. The first-order chi connectivity index (χ1) is 7.66. The standard InChI is InChI=1S/C12H14N2O2/c1-14(2)8-10-12(15)16-11(13-10)9-6-4-3-5-7-9/h3-8,11,13H,1-2H3/b10-8+. The molecule has 0 radical (unpaired) electrons. The minimum absolute atomic E-state index is 0.317. The molecule has 84 valence electrons. The van der Waals surface area contributed by atoms with Crippen LogP contribution in [0.4, 0.5) is 0 Å². The van der Waals surface area contributed by atoms with Gasteiger partial charge in [0.05, 0.1) is 0 Å². The van der Waals surface area contributed by atoms with Crippen LogP contribution in [0.2, 0.25) is 0 Å². The second-order valence-electron chi connectivity index (χ2n) is 3.85. The van der Waals surface area contributed by atoms with Crippen molar-refractivity contribution in [1.82, 2.24) is 10.2 Å². The highest BCUT2D eigenvalue weighted by molar-refractivity contribution is 5.89. The smallest absolute Gasteiger partial charge is 0.358 e. The van der Waals surface area contributed by atoms with Crippen LogP contribution in [-0.4, -0.2) is 25.0 Å². The van der Waals surface area contributed by atoms with Crippen LogP contribution in [0.1, 0.15) is 11.8 Å². The molecule has 2 rings (SSSR count). The van der Waals surface area contributed by atoms with Crippen LogP contribution in [0.25, 0.3) is 0 Å². The number of nitrogens with one attached hydrogen (secondary N) is 1. The summed E-state index contributed by atoms with van der Waals surface area (Å²) in [4.78, 5) is 13.3. The Morgan fingerprint density at radius 1 is 1.31 bits per heavy atom. The average molecular weight is 218 g/mol. The summed E-state index contributed by atoms with van der Waals surface area (Å²) in [6.07, 6.45) is 1.34. The van der Waals surface area contributed by atoms with Gasteiger partial charge in [0.1, 0.15) is 5.70 Å². The van der Waals surface area contributed by atoms with Crippen molar-refractivity contribution in [3.8, 4) is 0 Å². The number of esters is 1. The third kappa shape index (κ3) is 2.16. The van der Waals surface area contributed by atoms with E-state index in [0.29, 0.717) is 5.70 Å². The fourth-order valence-corrected chi connectivity index (χ4v) is 1.53. The van der Waals surface area contributed by atoms with Gasteiger partial charge >= 0.3 is 5.97 Å². The van der Waals surface area contributed by atoms with Gasteiger partial charge in [0.2, 0.25) is 0 Å². The Morgan fingerprint density at radius 3 is 2.62 bits per heavy atom. The molecule has 1 aliphatic heterocycles. The molecule has 1 heterocycles. The van der Waals surface area contributed by atoms with E-state index in [9.17, 15) is 4.79 Å². The molecule has 1 aromatic carbocycles. The molecule has 4 nitrogen and oxygen atoms in total. The number of hydrogen-bond acceptors (Lipinski definition) is 4. The number of rotatable bonds is 2. The van der Waals surface area contributed by atoms with Crippen molar-refractivity contribution in [3.05, 3.63) is 47.8 Å². The van der Waals surface area contributed by atoms with Gasteiger partial charge in [-0.25, -0.2) is 4.79 Å². The van der Waals surface area contributed by atoms with E-state index in [1.807, 2.05) is 44.4 Å². The Balaban J connectivity index is 2.16. The number of hydrogen-bond donors (Lipinski definition) is 1. The molecule has 1 unspecified atom stereocenters. The molecule has 0 amide bonds. The maximum absolute atomic E-state index is 11.5. The minimum atomic E-state index is -0.375. The molecule has 0 aromatic heterocycles. The zero-order valence-corrected chi connectivity index (χ0v) is 9.31. The molecule has 1 fully saturated rings. The molecule has 16 heavy (non-hydrogen) atoms. The van der Waals surface area contributed by atoms with E-state index in [1.165, 1.54) is 0 Å². The molecule has 1 aromatic rings. The first kappa shape index (κ1) is 10.5. The highest BCUT2D eigenvalue weighted by Gasteiger charge is 2.28. The molecule has 0 aliphatic carbocycles. The van der Waals surface area contributed by atoms with Gasteiger partial charge < -0.3 is 15.0 Å². The first-order valence-corrected chi connectivity index (χ1v) is 5.07. The zero-order valence-electron chi connectivity index (χ0n) is 9.31. The molecule has 0 bridgehead atoms. The SMILES string of the molecule is CN(C)/C=C1/NC(c2ccccc2)OC1=O. The minimum Gasteiger partial charge on any atom is -0.433 e. The van der Waals surface area contributed by atoms with Crippen molar-refractivity contribution in [2.45, 2.75) is 6.23 Å². The number of benzene rings is 1. The number of ether oxygens (including phenoxy) is 1. The van der Waals surface area contributed by atoms with Crippen molar-refractivity contribution in [3.63, 3.8) is 0 Å². The van der Waals surface area contributed by atoms with Gasteiger partial charge in [-0.15, -0.1) is 0 Å². The van der Waals surface area contributed by atoms with Crippen molar-refractivity contribution in [1.29, 1.82) is 0 Å². The van der Waals surface area contributed by atoms with E-state index in [0.717, 1.165) is 5.56 Å². The molecule has 1 N–H and O–H groups in total. The van der Waals surface area contributed by atoms with Gasteiger partial charge in [-0.05, 0) is 0 Å². The molecular weight excluding hydrogens is 204 g/mol. The molecule has 0 spiro atoms. The Hall–Kier alpha value is -1.97. The second kappa shape index (κ2) is 4.26. The summed E-state index contributed by atoms with van der Waals surface area (Å²) in [5.74, 6) is -0.317. The fraction of sp³-hybridized carbons (Fsp3) is 0.250. The van der Waals surface area contributed by atoms with E-state index in [4.69, 9.17) is 4.74 Å². The van der Waals surface area contributed by atoms with Crippen LogP contribution in [0.3, 0.4) is 0 Å². The number of carbonyl (C=O) groups is 1. The predicted octanol–water partition coefficient (Wildman–Crippen LogP) is 1.23. The topological polar surface area (TPSA) is 41.6 Å². The van der Waals surface area contributed by atoms with Gasteiger partial charge in [-0.1, -0.05) is 30.3 Å². The van der Waals surface area contributed by atoms with Crippen LogP contribution in [0.5, 0.6) is 0 Å².